The molecule has 0 aromatic carbocycles. The molecule has 0 saturated heterocycles. The summed E-state index contributed by atoms with van der Waals surface area (Å²) < 4.78 is 5.74. The molecule has 1 nitrogen and oxygen atoms in total. The lowest BCUT2D eigenvalue weighted by Gasteiger charge is -2.17. The third kappa shape index (κ3) is 7.39. The molecule has 0 aliphatic rings. The molecule has 0 N–H and O–H groups in total. The van der Waals surface area contributed by atoms with Crippen LogP contribution in [0.1, 0.15) is 46.5 Å². The first kappa shape index (κ1) is 13.3. The van der Waals surface area contributed by atoms with E-state index in [0.717, 1.165) is 12.4 Å². The third-order valence-corrected chi connectivity index (χ3v) is 2.78. The van der Waals surface area contributed by atoms with Gasteiger partial charge in [0.2, 0.25) is 0 Å². The zero-order chi connectivity index (χ0) is 10.1. The van der Waals surface area contributed by atoms with Crippen molar-refractivity contribution in [1.82, 2.24) is 0 Å². The maximum Gasteiger partial charge on any atom is 0.0547 e. The van der Waals surface area contributed by atoms with Gasteiger partial charge in [0.15, 0.2) is 0 Å². The van der Waals surface area contributed by atoms with Gasteiger partial charge >= 0.3 is 0 Å². The Morgan fingerprint density at radius 3 is 2.23 bits per heavy atom. The van der Waals surface area contributed by atoms with E-state index in [0.29, 0.717) is 12.0 Å². The lowest BCUT2D eigenvalue weighted by atomic mass is 10.1. The molecule has 80 valence electrons. The predicted molar refractivity (Wildman–Crippen MR) is 62.6 cm³/mol. The second-order valence-electron chi connectivity index (χ2n) is 3.77. The number of hydrogen-bond donors (Lipinski definition) is 1. The smallest absolute Gasteiger partial charge is 0.0547 e. The summed E-state index contributed by atoms with van der Waals surface area (Å²) in [5, 5.41) is 0. The molecule has 0 radical (unpaired) electrons. The Labute approximate surface area is 88.7 Å². The molecule has 0 aliphatic heterocycles. The third-order valence-electron chi connectivity index (χ3n) is 2.27. The van der Waals surface area contributed by atoms with E-state index in [4.69, 9.17) is 4.74 Å². The first-order chi connectivity index (χ1) is 6.24. The number of ether oxygens (including phenoxy) is 1. The average molecular weight is 204 g/mol. The van der Waals surface area contributed by atoms with Crippen molar-refractivity contribution in [2.24, 2.45) is 5.92 Å². The standard InChI is InChI=1S/C11H24OS/c1-4-6-10(3)12-8-11(9-13)7-5-2/h10-11,13H,4-9H2,1-3H3. The van der Waals surface area contributed by atoms with Gasteiger partial charge in [-0.15, -0.1) is 0 Å². The van der Waals surface area contributed by atoms with Crippen molar-refractivity contribution in [3.63, 3.8) is 0 Å². The van der Waals surface area contributed by atoms with Crippen LogP contribution in [-0.2, 0) is 4.74 Å². The van der Waals surface area contributed by atoms with Crippen LogP contribution in [0.3, 0.4) is 0 Å². The lowest BCUT2D eigenvalue weighted by Crippen LogP contribution is -2.16. The SMILES string of the molecule is CCCC(CS)COC(C)CCC. The molecule has 0 amide bonds. The molecule has 0 bridgehead atoms. The van der Waals surface area contributed by atoms with Gasteiger partial charge in [0, 0.05) is 0 Å². The zero-order valence-corrected chi connectivity index (χ0v) is 10.1. The first-order valence-electron chi connectivity index (χ1n) is 5.47. The summed E-state index contributed by atoms with van der Waals surface area (Å²) in [6, 6.07) is 0. The van der Waals surface area contributed by atoms with Crippen molar-refractivity contribution < 1.29 is 4.74 Å². The molecule has 0 aliphatic carbocycles. The summed E-state index contributed by atoms with van der Waals surface area (Å²) in [6.45, 7) is 7.46. The Morgan fingerprint density at radius 2 is 1.77 bits per heavy atom. The van der Waals surface area contributed by atoms with Crippen molar-refractivity contribution in [2.45, 2.75) is 52.6 Å². The molecular weight excluding hydrogens is 180 g/mol. The van der Waals surface area contributed by atoms with Crippen molar-refractivity contribution in [1.29, 1.82) is 0 Å². The van der Waals surface area contributed by atoms with Crippen LogP contribution in [0.4, 0.5) is 0 Å². The maximum absolute atomic E-state index is 5.74. The summed E-state index contributed by atoms with van der Waals surface area (Å²) in [5.74, 6) is 1.60. The largest absolute Gasteiger partial charge is 0.378 e. The van der Waals surface area contributed by atoms with Gasteiger partial charge in [0.25, 0.3) is 0 Å². The van der Waals surface area contributed by atoms with Gasteiger partial charge in [-0.3, -0.25) is 0 Å². The highest BCUT2D eigenvalue weighted by molar-refractivity contribution is 7.80. The fourth-order valence-electron chi connectivity index (χ4n) is 1.43. The molecule has 2 heteroatoms. The molecule has 2 atom stereocenters. The maximum atomic E-state index is 5.74. The highest BCUT2D eigenvalue weighted by Gasteiger charge is 2.08. The van der Waals surface area contributed by atoms with E-state index in [2.05, 4.69) is 33.4 Å². The molecule has 0 saturated carbocycles. The quantitative estimate of drug-likeness (QED) is 0.595. The van der Waals surface area contributed by atoms with E-state index < -0.39 is 0 Å². The van der Waals surface area contributed by atoms with E-state index in [1.54, 1.807) is 0 Å². The van der Waals surface area contributed by atoms with Crippen LogP contribution in [0.15, 0.2) is 0 Å². The summed E-state index contributed by atoms with van der Waals surface area (Å²) in [4.78, 5) is 0. The van der Waals surface area contributed by atoms with Gasteiger partial charge in [0.05, 0.1) is 12.7 Å². The van der Waals surface area contributed by atoms with Gasteiger partial charge in [-0.2, -0.15) is 12.6 Å². The minimum atomic E-state index is 0.421. The molecular formula is C11H24OS. The molecule has 0 aromatic rings. The second-order valence-corrected chi connectivity index (χ2v) is 4.14. The van der Waals surface area contributed by atoms with Gasteiger partial charge in [-0.25, -0.2) is 0 Å². The van der Waals surface area contributed by atoms with Crippen molar-refractivity contribution in [3.8, 4) is 0 Å². The van der Waals surface area contributed by atoms with E-state index in [-0.39, 0.29) is 0 Å². The molecule has 0 aromatic heterocycles. The first-order valence-corrected chi connectivity index (χ1v) is 6.10. The van der Waals surface area contributed by atoms with Crippen LogP contribution in [0.25, 0.3) is 0 Å². The van der Waals surface area contributed by atoms with Gasteiger partial charge in [-0.1, -0.05) is 26.7 Å². The van der Waals surface area contributed by atoms with Gasteiger partial charge in [0.1, 0.15) is 0 Å². The average Bonchev–Trinajstić information content (AvgIpc) is 2.12. The van der Waals surface area contributed by atoms with Crippen molar-refractivity contribution in [2.75, 3.05) is 12.4 Å². The molecule has 0 rings (SSSR count). The van der Waals surface area contributed by atoms with Gasteiger partial charge < -0.3 is 4.74 Å². The molecule has 13 heavy (non-hydrogen) atoms. The second kappa shape index (κ2) is 8.89. The van der Waals surface area contributed by atoms with Crippen LogP contribution < -0.4 is 0 Å². The Kier molecular flexibility index (Phi) is 9.10. The van der Waals surface area contributed by atoms with Crippen LogP contribution in [0, 0.1) is 5.92 Å². The van der Waals surface area contributed by atoms with Crippen LogP contribution in [0.2, 0.25) is 0 Å². The monoisotopic (exact) mass is 204 g/mol. The fourth-order valence-corrected chi connectivity index (χ4v) is 1.71. The minimum Gasteiger partial charge on any atom is -0.378 e. The Bertz CT molecular complexity index is 106. The van der Waals surface area contributed by atoms with Crippen LogP contribution in [-0.4, -0.2) is 18.5 Å². The van der Waals surface area contributed by atoms with Crippen LogP contribution in [0.5, 0.6) is 0 Å². The predicted octanol–water partition coefficient (Wildman–Crippen LogP) is 3.54. The summed E-state index contributed by atoms with van der Waals surface area (Å²) >= 11 is 4.32. The number of rotatable bonds is 8. The Hall–Kier alpha value is 0.310. The number of hydrogen-bond acceptors (Lipinski definition) is 2. The van der Waals surface area contributed by atoms with E-state index in [9.17, 15) is 0 Å². The van der Waals surface area contributed by atoms with E-state index >= 15 is 0 Å². The lowest BCUT2D eigenvalue weighted by molar-refractivity contribution is 0.0378. The molecule has 2 unspecified atom stereocenters. The fraction of sp³-hybridized carbons (Fsp3) is 1.00. The Morgan fingerprint density at radius 1 is 1.15 bits per heavy atom. The summed E-state index contributed by atoms with van der Waals surface area (Å²) in [6.07, 6.45) is 5.27. The van der Waals surface area contributed by atoms with Gasteiger partial charge in [-0.05, 0) is 31.4 Å². The highest BCUT2D eigenvalue weighted by atomic mass is 32.1. The topological polar surface area (TPSA) is 9.23 Å². The minimum absolute atomic E-state index is 0.421. The molecule has 0 spiro atoms. The van der Waals surface area contributed by atoms with Crippen molar-refractivity contribution >= 4 is 12.6 Å². The number of thiol groups is 1. The van der Waals surface area contributed by atoms with E-state index in [1.807, 2.05) is 0 Å². The van der Waals surface area contributed by atoms with Crippen LogP contribution >= 0.6 is 12.6 Å². The van der Waals surface area contributed by atoms with E-state index in [1.165, 1.54) is 25.7 Å². The highest BCUT2D eigenvalue weighted by Crippen LogP contribution is 2.11. The molecule has 0 heterocycles. The Balaban J connectivity index is 3.46. The summed E-state index contributed by atoms with van der Waals surface area (Å²) in [7, 11) is 0. The van der Waals surface area contributed by atoms with Crippen molar-refractivity contribution in [3.05, 3.63) is 0 Å². The molecule has 0 fully saturated rings. The summed E-state index contributed by atoms with van der Waals surface area (Å²) in [5.41, 5.74) is 0. The normalized spacial score (nSPS) is 15.7. The zero-order valence-electron chi connectivity index (χ0n) is 9.25.